The zero-order valence-corrected chi connectivity index (χ0v) is 17.6. The van der Waals surface area contributed by atoms with E-state index in [0.29, 0.717) is 15.6 Å². The first-order chi connectivity index (χ1) is 12.6. The normalized spacial score (nSPS) is 16.1. The standard InChI is InChI=1S/C16H24NO8PS/c1-6-23-26(19,24-7-2)25-10-17-16(18)15-13(11(3)4)8-12(22-5)9-14(15)27(17,20)21/h8-9,11H,6-7,10H2,1-5H3. The average Bonchev–Trinajstić information content (AvgIpc) is 2.79. The van der Waals surface area contributed by atoms with Crippen LogP contribution in [-0.2, 0) is 28.2 Å². The highest BCUT2D eigenvalue weighted by molar-refractivity contribution is 7.90. The van der Waals surface area contributed by atoms with Crippen LogP contribution in [0.2, 0.25) is 0 Å². The summed E-state index contributed by atoms with van der Waals surface area (Å²) in [5.74, 6) is -0.548. The maximum atomic E-state index is 12.9. The van der Waals surface area contributed by atoms with Gasteiger partial charge in [-0.25, -0.2) is 17.3 Å². The van der Waals surface area contributed by atoms with E-state index in [1.165, 1.54) is 13.2 Å². The summed E-state index contributed by atoms with van der Waals surface area (Å²) in [6, 6.07) is 2.92. The number of carbonyl (C=O) groups is 1. The second kappa shape index (κ2) is 8.28. The summed E-state index contributed by atoms with van der Waals surface area (Å²) >= 11 is 0. The molecule has 1 aliphatic rings. The number of amides is 1. The van der Waals surface area contributed by atoms with Gasteiger partial charge < -0.3 is 4.74 Å². The lowest BCUT2D eigenvalue weighted by atomic mass is 9.96. The molecule has 0 N–H and O–H groups in total. The molecule has 2 rings (SSSR count). The molecule has 1 aliphatic heterocycles. The molecule has 1 amide bonds. The molecule has 1 aromatic rings. The van der Waals surface area contributed by atoms with Gasteiger partial charge in [-0.3, -0.25) is 18.4 Å². The van der Waals surface area contributed by atoms with Crippen LogP contribution in [0, 0.1) is 0 Å². The van der Waals surface area contributed by atoms with Crippen LogP contribution >= 0.6 is 7.82 Å². The van der Waals surface area contributed by atoms with Crippen molar-refractivity contribution in [1.82, 2.24) is 4.31 Å². The third kappa shape index (κ3) is 4.20. The Morgan fingerprint density at radius 2 is 1.70 bits per heavy atom. The van der Waals surface area contributed by atoms with E-state index in [2.05, 4.69) is 0 Å². The second-order valence-corrected chi connectivity index (χ2v) is 9.44. The van der Waals surface area contributed by atoms with Gasteiger partial charge in [0.25, 0.3) is 15.9 Å². The van der Waals surface area contributed by atoms with Crippen molar-refractivity contribution in [2.75, 3.05) is 27.1 Å². The van der Waals surface area contributed by atoms with Crippen molar-refractivity contribution in [1.29, 1.82) is 0 Å². The molecule has 0 saturated carbocycles. The lowest BCUT2D eigenvalue weighted by Gasteiger charge is -2.20. The lowest BCUT2D eigenvalue weighted by Crippen LogP contribution is -2.32. The van der Waals surface area contributed by atoms with Gasteiger partial charge in [0.1, 0.15) is 17.4 Å². The molecule has 9 nitrogen and oxygen atoms in total. The lowest BCUT2D eigenvalue weighted by molar-refractivity contribution is 0.0675. The minimum Gasteiger partial charge on any atom is -0.497 e. The van der Waals surface area contributed by atoms with Crippen LogP contribution in [0.1, 0.15) is 49.5 Å². The van der Waals surface area contributed by atoms with E-state index in [4.69, 9.17) is 18.3 Å². The largest absolute Gasteiger partial charge is 0.497 e. The number of rotatable bonds is 9. The Morgan fingerprint density at radius 3 is 2.19 bits per heavy atom. The monoisotopic (exact) mass is 421 g/mol. The Balaban J connectivity index is 2.43. The molecule has 0 unspecified atom stereocenters. The van der Waals surface area contributed by atoms with Crippen molar-refractivity contribution in [2.45, 2.75) is 38.5 Å². The summed E-state index contributed by atoms with van der Waals surface area (Å²) in [7, 11) is -6.76. The SMILES string of the molecule is CCOP(=O)(OCC)OCN1C(=O)c2c(C(C)C)cc(OC)cc2S1(=O)=O. The average molecular weight is 421 g/mol. The van der Waals surface area contributed by atoms with Crippen molar-refractivity contribution in [2.24, 2.45) is 0 Å². The molecule has 1 heterocycles. The van der Waals surface area contributed by atoms with E-state index >= 15 is 0 Å². The fraction of sp³-hybridized carbons (Fsp3) is 0.562. The third-order valence-electron chi connectivity index (χ3n) is 3.88. The van der Waals surface area contributed by atoms with Crippen LogP contribution in [-0.4, -0.2) is 45.7 Å². The molecule has 0 aromatic heterocycles. The highest BCUT2D eigenvalue weighted by Crippen LogP contribution is 2.50. The van der Waals surface area contributed by atoms with E-state index in [1.54, 1.807) is 19.9 Å². The van der Waals surface area contributed by atoms with Gasteiger partial charge in [0, 0.05) is 6.07 Å². The Bertz CT molecular complexity index is 857. The third-order valence-corrected chi connectivity index (χ3v) is 7.19. The van der Waals surface area contributed by atoms with E-state index in [0.717, 1.165) is 0 Å². The zero-order valence-electron chi connectivity index (χ0n) is 15.9. The van der Waals surface area contributed by atoms with Gasteiger partial charge in [0.2, 0.25) is 0 Å². The number of benzene rings is 1. The van der Waals surface area contributed by atoms with Gasteiger partial charge >= 0.3 is 7.82 Å². The number of methoxy groups -OCH3 is 1. The first-order valence-corrected chi connectivity index (χ1v) is 11.3. The molecule has 0 fully saturated rings. The van der Waals surface area contributed by atoms with Gasteiger partial charge in [-0.1, -0.05) is 13.8 Å². The summed E-state index contributed by atoms with van der Waals surface area (Å²) in [6.07, 6.45) is 0. The summed E-state index contributed by atoms with van der Waals surface area (Å²) in [5, 5.41) is 0. The molecule has 0 saturated heterocycles. The van der Waals surface area contributed by atoms with Crippen molar-refractivity contribution < 1.29 is 36.1 Å². The fourth-order valence-corrected chi connectivity index (χ4v) is 5.31. The number of fused-ring (bicyclic) bond motifs is 1. The number of hydrogen-bond donors (Lipinski definition) is 0. The van der Waals surface area contributed by atoms with Gasteiger partial charge in [0.15, 0.2) is 0 Å². The van der Waals surface area contributed by atoms with Gasteiger partial charge in [-0.05, 0) is 31.4 Å². The molecule has 27 heavy (non-hydrogen) atoms. The first kappa shape index (κ1) is 21.8. The van der Waals surface area contributed by atoms with E-state index < -0.39 is 30.5 Å². The minimum absolute atomic E-state index is 0.0346. The van der Waals surface area contributed by atoms with Gasteiger partial charge in [-0.2, -0.15) is 0 Å². The van der Waals surface area contributed by atoms with Gasteiger partial charge in [-0.15, -0.1) is 0 Å². The van der Waals surface area contributed by atoms with E-state index in [1.807, 2.05) is 13.8 Å². The van der Waals surface area contributed by atoms with Crippen molar-refractivity contribution >= 4 is 23.8 Å². The first-order valence-electron chi connectivity index (χ1n) is 8.43. The Kier molecular flexibility index (Phi) is 6.70. The topological polar surface area (TPSA) is 108 Å². The molecular formula is C16H24NO8PS. The molecule has 1 aromatic carbocycles. The van der Waals surface area contributed by atoms with Crippen LogP contribution in [0.25, 0.3) is 0 Å². The van der Waals surface area contributed by atoms with Crippen molar-refractivity contribution in [3.8, 4) is 5.75 Å². The molecular weight excluding hydrogens is 397 g/mol. The quantitative estimate of drug-likeness (QED) is 0.560. The molecule has 0 spiro atoms. The molecule has 0 radical (unpaired) electrons. The fourth-order valence-electron chi connectivity index (χ4n) is 2.65. The number of phosphoric ester groups is 1. The van der Waals surface area contributed by atoms with Crippen LogP contribution in [0.5, 0.6) is 5.75 Å². The smallest absolute Gasteiger partial charge is 0.476 e. The zero-order chi connectivity index (χ0) is 20.4. The number of phosphoric acid groups is 1. The minimum atomic E-state index is -4.19. The number of nitrogens with zero attached hydrogens (tertiary/aromatic N) is 1. The van der Waals surface area contributed by atoms with Crippen LogP contribution in [0.4, 0.5) is 0 Å². The molecule has 11 heteroatoms. The number of hydrogen-bond acceptors (Lipinski definition) is 8. The Morgan fingerprint density at radius 1 is 1.11 bits per heavy atom. The second-order valence-electron chi connectivity index (χ2n) is 5.94. The molecule has 0 aliphatic carbocycles. The van der Waals surface area contributed by atoms with Crippen molar-refractivity contribution in [3.63, 3.8) is 0 Å². The molecule has 152 valence electrons. The van der Waals surface area contributed by atoms with E-state index in [-0.39, 0.29) is 29.6 Å². The summed E-state index contributed by atoms with van der Waals surface area (Å²) in [6.45, 7) is 6.14. The number of ether oxygens (including phenoxy) is 1. The predicted molar refractivity (Wildman–Crippen MR) is 97.2 cm³/mol. The number of carbonyl (C=O) groups excluding carboxylic acids is 1. The predicted octanol–water partition coefficient (Wildman–Crippen LogP) is 3.12. The summed E-state index contributed by atoms with van der Waals surface area (Å²) in [4.78, 5) is 12.7. The van der Waals surface area contributed by atoms with E-state index in [9.17, 15) is 17.8 Å². The van der Waals surface area contributed by atoms with Crippen LogP contribution < -0.4 is 4.74 Å². The Hall–Kier alpha value is -1.45. The molecule has 0 bridgehead atoms. The van der Waals surface area contributed by atoms with Crippen LogP contribution in [0.15, 0.2) is 17.0 Å². The van der Waals surface area contributed by atoms with Gasteiger partial charge in [0.05, 0.1) is 25.9 Å². The maximum absolute atomic E-state index is 12.9. The van der Waals surface area contributed by atoms with Crippen LogP contribution in [0.3, 0.4) is 0 Å². The van der Waals surface area contributed by atoms with Crippen molar-refractivity contribution in [3.05, 3.63) is 23.3 Å². The summed E-state index contributed by atoms with van der Waals surface area (Å²) < 4.78 is 58.9. The highest BCUT2D eigenvalue weighted by Gasteiger charge is 2.45. The highest BCUT2D eigenvalue weighted by atomic mass is 32.2. The Labute approximate surface area is 159 Å². The summed E-state index contributed by atoms with van der Waals surface area (Å²) in [5.41, 5.74) is 0.607. The molecule has 0 atom stereocenters. The maximum Gasteiger partial charge on any atom is 0.476 e. The number of sulfonamides is 1.